The van der Waals surface area contributed by atoms with Crippen molar-refractivity contribution in [3.05, 3.63) is 28.8 Å². The van der Waals surface area contributed by atoms with Crippen molar-refractivity contribution < 1.29 is 0 Å². The van der Waals surface area contributed by atoms with Crippen LogP contribution in [0.3, 0.4) is 0 Å². The van der Waals surface area contributed by atoms with E-state index in [0.717, 1.165) is 21.1 Å². The number of H-pyrrole nitrogens is 1. The Morgan fingerprint density at radius 1 is 1.53 bits per heavy atom. The first-order chi connectivity index (χ1) is 7.22. The number of nitrogens with one attached hydrogen (secondary N) is 1. The van der Waals surface area contributed by atoms with E-state index in [9.17, 15) is 0 Å². The number of hydrogen-bond acceptors (Lipinski definition) is 1. The number of hydrogen-bond donors (Lipinski definition) is 1. The highest BCUT2D eigenvalue weighted by molar-refractivity contribution is 7.99. The van der Waals surface area contributed by atoms with Crippen molar-refractivity contribution in [2.75, 3.05) is 5.75 Å². The molecule has 2 rings (SSSR count). The lowest BCUT2D eigenvalue weighted by Gasteiger charge is -1.98. The predicted octanol–water partition coefficient (Wildman–Crippen LogP) is 3.86. The van der Waals surface area contributed by atoms with Crippen molar-refractivity contribution >= 4 is 34.3 Å². The molecule has 0 aliphatic heterocycles. The molecule has 0 atom stereocenters. The fourth-order valence-electron chi connectivity index (χ4n) is 1.49. The molecule has 0 aliphatic rings. The first kappa shape index (κ1) is 10.5. The number of aryl methyl sites for hydroxylation is 1. The Morgan fingerprint density at radius 3 is 3.07 bits per heavy atom. The van der Waals surface area contributed by atoms with Gasteiger partial charge in [0.05, 0.1) is 16.3 Å². The molecule has 0 spiro atoms. The molecule has 1 N–H and O–H groups in total. The van der Waals surface area contributed by atoms with E-state index in [4.69, 9.17) is 18.0 Å². The highest BCUT2D eigenvalue weighted by atomic mass is 35.5. The highest BCUT2D eigenvalue weighted by Gasteiger charge is 2.05. The molecule has 1 aromatic carbocycles. The van der Waals surface area contributed by atoms with Gasteiger partial charge < -0.3 is 4.98 Å². The fraction of sp³-hybridized carbons (Fsp3) is 0.167. The van der Waals surface area contributed by atoms with Gasteiger partial charge >= 0.3 is 0 Å². The van der Waals surface area contributed by atoms with Gasteiger partial charge in [-0.25, -0.2) is 0 Å². The van der Waals surface area contributed by atoms with E-state index in [2.05, 4.69) is 17.0 Å². The van der Waals surface area contributed by atoms with Gasteiger partial charge in [0.2, 0.25) is 0 Å². The summed E-state index contributed by atoms with van der Waals surface area (Å²) < 4.78 is 0. The third-order valence-corrected chi connectivity index (χ3v) is 3.53. The number of aromatic amines is 1. The molecule has 1 heterocycles. The van der Waals surface area contributed by atoms with Crippen molar-refractivity contribution in [2.45, 2.75) is 11.9 Å². The molecular weight excluding hydrogens is 226 g/mol. The van der Waals surface area contributed by atoms with Crippen LogP contribution in [0.15, 0.2) is 23.2 Å². The molecule has 0 aliphatic carbocycles. The molecule has 0 amide bonds. The quantitative estimate of drug-likeness (QED) is 0.618. The number of halogens is 1. The molecule has 0 unspecified atom stereocenters. The van der Waals surface area contributed by atoms with Crippen LogP contribution in [0.2, 0.25) is 5.02 Å². The van der Waals surface area contributed by atoms with Crippen LogP contribution >= 0.6 is 23.4 Å². The van der Waals surface area contributed by atoms with E-state index in [1.165, 1.54) is 5.39 Å². The lowest BCUT2D eigenvalue weighted by molar-refractivity contribution is 1.23. The summed E-state index contributed by atoms with van der Waals surface area (Å²) in [5, 5.41) is 3.06. The van der Waals surface area contributed by atoms with E-state index in [1.807, 2.05) is 19.1 Å². The summed E-state index contributed by atoms with van der Waals surface area (Å²) in [4.78, 5) is 3.32. The van der Waals surface area contributed by atoms with Crippen molar-refractivity contribution in [3.63, 3.8) is 0 Å². The zero-order valence-corrected chi connectivity index (χ0v) is 9.88. The zero-order chi connectivity index (χ0) is 10.8. The SMILES string of the molecule is C#CCSc1cc2ccc(Cl)c(C)c2[nH]1. The van der Waals surface area contributed by atoms with E-state index in [1.54, 1.807) is 11.8 Å². The van der Waals surface area contributed by atoms with Gasteiger partial charge in [-0.05, 0) is 24.6 Å². The van der Waals surface area contributed by atoms with Gasteiger partial charge in [0, 0.05) is 10.4 Å². The zero-order valence-electron chi connectivity index (χ0n) is 8.30. The molecule has 0 bridgehead atoms. The highest BCUT2D eigenvalue weighted by Crippen LogP contribution is 2.28. The van der Waals surface area contributed by atoms with Crippen LogP contribution in [0.4, 0.5) is 0 Å². The Kier molecular flexibility index (Phi) is 2.95. The first-order valence-corrected chi connectivity index (χ1v) is 5.93. The Labute approximate surface area is 98.2 Å². The molecule has 3 heteroatoms. The normalized spacial score (nSPS) is 10.5. The molecule has 0 radical (unpaired) electrons. The molecule has 1 aromatic heterocycles. The second-order valence-corrected chi connectivity index (χ2v) is 4.69. The average Bonchev–Trinajstić information content (AvgIpc) is 2.64. The monoisotopic (exact) mass is 235 g/mol. The summed E-state index contributed by atoms with van der Waals surface area (Å²) in [5.74, 6) is 3.28. The third kappa shape index (κ3) is 1.99. The molecule has 0 saturated heterocycles. The number of thioether (sulfide) groups is 1. The van der Waals surface area contributed by atoms with Gasteiger partial charge in [-0.15, -0.1) is 6.42 Å². The summed E-state index contributed by atoms with van der Waals surface area (Å²) >= 11 is 7.67. The number of fused-ring (bicyclic) bond motifs is 1. The molecule has 2 aromatic rings. The maximum atomic E-state index is 6.04. The Morgan fingerprint density at radius 2 is 2.33 bits per heavy atom. The maximum Gasteiger partial charge on any atom is 0.0741 e. The molecule has 0 fully saturated rings. The lowest BCUT2D eigenvalue weighted by Crippen LogP contribution is -1.78. The van der Waals surface area contributed by atoms with Gasteiger partial charge in [-0.1, -0.05) is 35.3 Å². The molecule has 0 saturated carbocycles. The van der Waals surface area contributed by atoms with Crippen LogP contribution < -0.4 is 0 Å². The standard InChI is InChI=1S/C12H10ClNS/c1-3-6-15-11-7-9-4-5-10(13)8(2)12(9)14-11/h1,4-5,7,14H,6H2,2H3. The first-order valence-electron chi connectivity index (χ1n) is 4.56. The van der Waals surface area contributed by atoms with Gasteiger partial charge in [0.15, 0.2) is 0 Å². The van der Waals surface area contributed by atoms with Crippen molar-refractivity contribution in [1.29, 1.82) is 0 Å². The van der Waals surface area contributed by atoms with Gasteiger partial charge in [-0.2, -0.15) is 0 Å². The summed E-state index contributed by atoms with van der Waals surface area (Å²) in [7, 11) is 0. The number of rotatable bonds is 2. The van der Waals surface area contributed by atoms with Crippen LogP contribution in [0, 0.1) is 19.3 Å². The van der Waals surface area contributed by atoms with Crippen LogP contribution in [0.1, 0.15) is 5.56 Å². The van der Waals surface area contributed by atoms with Crippen LogP contribution in [-0.4, -0.2) is 10.7 Å². The Balaban J connectivity index is 2.47. The Hall–Kier alpha value is -1.04. The topological polar surface area (TPSA) is 15.8 Å². The second kappa shape index (κ2) is 4.22. The van der Waals surface area contributed by atoms with E-state index in [-0.39, 0.29) is 0 Å². The molecular formula is C12H10ClNS. The Bertz CT molecular complexity index is 536. The summed E-state index contributed by atoms with van der Waals surface area (Å²) in [6.07, 6.45) is 5.22. The lowest BCUT2D eigenvalue weighted by atomic mass is 10.2. The average molecular weight is 236 g/mol. The minimum Gasteiger partial charge on any atom is -0.349 e. The largest absolute Gasteiger partial charge is 0.349 e. The summed E-state index contributed by atoms with van der Waals surface area (Å²) in [5.41, 5.74) is 2.18. The third-order valence-electron chi connectivity index (χ3n) is 2.28. The van der Waals surface area contributed by atoms with E-state index in [0.29, 0.717) is 5.75 Å². The van der Waals surface area contributed by atoms with Crippen LogP contribution in [0.5, 0.6) is 0 Å². The summed E-state index contributed by atoms with van der Waals surface area (Å²) in [6.45, 7) is 2.01. The maximum absolute atomic E-state index is 6.04. The van der Waals surface area contributed by atoms with Gasteiger partial charge in [-0.3, -0.25) is 0 Å². The second-order valence-electron chi connectivity index (χ2n) is 3.26. The van der Waals surface area contributed by atoms with Gasteiger partial charge in [0.25, 0.3) is 0 Å². The number of benzene rings is 1. The number of aromatic nitrogens is 1. The number of terminal acetylenes is 1. The minimum atomic E-state index is 0.680. The van der Waals surface area contributed by atoms with E-state index >= 15 is 0 Å². The molecule has 15 heavy (non-hydrogen) atoms. The molecule has 1 nitrogen and oxygen atoms in total. The minimum absolute atomic E-state index is 0.680. The van der Waals surface area contributed by atoms with Crippen molar-refractivity contribution in [1.82, 2.24) is 4.98 Å². The summed E-state index contributed by atoms with van der Waals surface area (Å²) in [6, 6.07) is 6.03. The van der Waals surface area contributed by atoms with Gasteiger partial charge in [0.1, 0.15) is 0 Å². The predicted molar refractivity (Wildman–Crippen MR) is 67.6 cm³/mol. The van der Waals surface area contributed by atoms with Crippen LogP contribution in [0.25, 0.3) is 10.9 Å². The van der Waals surface area contributed by atoms with Crippen LogP contribution in [-0.2, 0) is 0 Å². The smallest absolute Gasteiger partial charge is 0.0741 e. The van der Waals surface area contributed by atoms with Crippen molar-refractivity contribution in [2.24, 2.45) is 0 Å². The van der Waals surface area contributed by atoms with E-state index < -0.39 is 0 Å². The van der Waals surface area contributed by atoms with Crippen molar-refractivity contribution in [3.8, 4) is 12.3 Å². The molecule has 76 valence electrons. The fourth-order valence-corrected chi connectivity index (χ4v) is 2.27.